The fourth-order valence-electron chi connectivity index (χ4n) is 3.45. The van der Waals surface area contributed by atoms with Crippen LogP contribution in [0.15, 0.2) is 18.5 Å². The fourth-order valence-corrected chi connectivity index (χ4v) is 3.45. The first-order valence-corrected chi connectivity index (χ1v) is 8.01. The van der Waals surface area contributed by atoms with Crippen LogP contribution in [-0.2, 0) is 4.79 Å². The Morgan fingerprint density at radius 2 is 2.38 bits per heavy atom. The van der Waals surface area contributed by atoms with E-state index in [4.69, 9.17) is 5.26 Å². The van der Waals surface area contributed by atoms with Gasteiger partial charge in [-0.2, -0.15) is 5.26 Å². The zero-order valence-electron chi connectivity index (χ0n) is 13.3. The maximum absolute atomic E-state index is 12.1. The number of amides is 1. The molecule has 0 radical (unpaired) electrons. The van der Waals surface area contributed by atoms with Crippen molar-refractivity contribution in [3.05, 3.63) is 24.3 Å². The lowest BCUT2D eigenvalue weighted by atomic mass is 9.86. The number of carbonyl (C=O) groups is 1. The van der Waals surface area contributed by atoms with Gasteiger partial charge in [0.25, 0.3) is 0 Å². The topological polar surface area (TPSA) is 103 Å². The van der Waals surface area contributed by atoms with Crippen LogP contribution in [0.25, 0.3) is 16.8 Å². The molecule has 1 aliphatic heterocycles. The molecular formula is C16H17N7O. The number of nitriles is 1. The lowest BCUT2D eigenvalue weighted by Gasteiger charge is -2.36. The predicted octanol–water partition coefficient (Wildman–Crippen LogP) is 1.47. The molecule has 0 aromatic carbocycles. The lowest BCUT2D eigenvalue weighted by Crippen LogP contribution is -2.42. The lowest BCUT2D eigenvalue weighted by molar-refractivity contribution is -0.131. The quantitative estimate of drug-likeness (QED) is 0.769. The van der Waals surface area contributed by atoms with Gasteiger partial charge in [-0.3, -0.25) is 9.20 Å². The standard InChI is InChI=1S/C16H17N7O/c1-10-4-7-22(14(24)2-5-17)9-11(10)16-21-20-13-8-19-15-12(23(13)16)3-6-18-15/h3,6,8,10-11,18H,2,4,7,9H2,1H3/t10-,11+/m0/s1. The van der Waals surface area contributed by atoms with E-state index in [1.807, 2.05) is 22.7 Å². The summed E-state index contributed by atoms with van der Waals surface area (Å²) in [5.74, 6) is 1.19. The summed E-state index contributed by atoms with van der Waals surface area (Å²) < 4.78 is 2.01. The molecule has 3 aromatic heterocycles. The molecule has 0 aliphatic carbocycles. The monoisotopic (exact) mass is 323 g/mol. The molecular weight excluding hydrogens is 306 g/mol. The number of nitrogens with zero attached hydrogens (tertiary/aromatic N) is 6. The van der Waals surface area contributed by atoms with Crippen molar-refractivity contribution in [2.45, 2.75) is 25.7 Å². The summed E-state index contributed by atoms with van der Waals surface area (Å²) in [5, 5.41) is 17.4. The predicted molar refractivity (Wildman–Crippen MR) is 86.0 cm³/mol. The van der Waals surface area contributed by atoms with Gasteiger partial charge in [0.15, 0.2) is 11.3 Å². The summed E-state index contributed by atoms with van der Waals surface area (Å²) in [6.07, 6.45) is 4.35. The van der Waals surface area contributed by atoms with Gasteiger partial charge in [-0.1, -0.05) is 6.92 Å². The van der Waals surface area contributed by atoms with Gasteiger partial charge in [-0.25, -0.2) is 4.98 Å². The Bertz CT molecular complexity index is 950. The summed E-state index contributed by atoms with van der Waals surface area (Å²) >= 11 is 0. The number of likely N-dealkylation sites (tertiary alicyclic amines) is 1. The van der Waals surface area contributed by atoms with Gasteiger partial charge in [0.2, 0.25) is 5.91 Å². The van der Waals surface area contributed by atoms with E-state index in [0.717, 1.165) is 23.4 Å². The highest BCUT2D eigenvalue weighted by Gasteiger charge is 2.33. The van der Waals surface area contributed by atoms with E-state index in [1.165, 1.54) is 0 Å². The third kappa shape index (κ3) is 2.21. The first-order valence-electron chi connectivity index (χ1n) is 8.01. The van der Waals surface area contributed by atoms with Gasteiger partial charge in [-0.05, 0) is 18.4 Å². The van der Waals surface area contributed by atoms with Crippen molar-refractivity contribution >= 4 is 22.7 Å². The van der Waals surface area contributed by atoms with Crippen LogP contribution in [-0.4, -0.2) is 48.5 Å². The summed E-state index contributed by atoms with van der Waals surface area (Å²) in [5.41, 5.74) is 2.41. The molecule has 1 amide bonds. The molecule has 0 spiro atoms. The van der Waals surface area contributed by atoms with Crippen LogP contribution in [0.1, 0.15) is 31.5 Å². The maximum Gasteiger partial charge on any atom is 0.236 e. The van der Waals surface area contributed by atoms with Gasteiger partial charge in [0.05, 0.1) is 17.8 Å². The van der Waals surface area contributed by atoms with Gasteiger partial charge < -0.3 is 9.88 Å². The van der Waals surface area contributed by atoms with Gasteiger partial charge in [0.1, 0.15) is 12.2 Å². The Labute approximate surface area is 138 Å². The minimum atomic E-state index is -0.114. The van der Waals surface area contributed by atoms with E-state index < -0.39 is 0 Å². The van der Waals surface area contributed by atoms with Crippen LogP contribution in [0.3, 0.4) is 0 Å². The number of fused-ring (bicyclic) bond motifs is 3. The highest BCUT2D eigenvalue weighted by molar-refractivity contribution is 5.78. The zero-order chi connectivity index (χ0) is 16.7. The number of hydrogen-bond donors (Lipinski definition) is 1. The third-order valence-corrected chi connectivity index (χ3v) is 4.84. The molecule has 2 atom stereocenters. The molecule has 1 saturated heterocycles. The summed E-state index contributed by atoms with van der Waals surface area (Å²) in [6.45, 7) is 3.43. The molecule has 0 unspecified atom stereocenters. The van der Waals surface area contributed by atoms with Crippen LogP contribution in [0.4, 0.5) is 0 Å². The molecule has 8 heteroatoms. The van der Waals surface area contributed by atoms with Crippen LogP contribution >= 0.6 is 0 Å². The number of H-pyrrole nitrogens is 1. The second kappa shape index (κ2) is 5.60. The largest absolute Gasteiger partial charge is 0.345 e. The number of rotatable bonds is 2. The third-order valence-electron chi connectivity index (χ3n) is 4.84. The molecule has 4 heterocycles. The minimum absolute atomic E-state index is 0.0757. The highest BCUT2D eigenvalue weighted by Crippen LogP contribution is 2.32. The molecule has 1 aliphatic rings. The molecule has 1 N–H and O–H groups in total. The Hall–Kier alpha value is -2.95. The summed E-state index contributed by atoms with van der Waals surface area (Å²) in [4.78, 5) is 21.3. The summed E-state index contributed by atoms with van der Waals surface area (Å²) in [7, 11) is 0. The number of piperidine rings is 1. The van der Waals surface area contributed by atoms with Crippen LogP contribution < -0.4 is 0 Å². The van der Waals surface area contributed by atoms with E-state index in [2.05, 4.69) is 27.1 Å². The van der Waals surface area contributed by atoms with Crippen molar-refractivity contribution in [3.8, 4) is 6.07 Å². The Kier molecular flexibility index (Phi) is 3.41. The number of aromatic nitrogens is 5. The van der Waals surface area contributed by atoms with Crippen LogP contribution in [0.5, 0.6) is 0 Å². The molecule has 1 fully saturated rings. The van der Waals surface area contributed by atoms with E-state index in [9.17, 15) is 4.79 Å². The Morgan fingerprint density at radius 1 is 1.50 bits per heavy atom. The van der Waals surface area contributed by atoms with E-state index >= 15 is 0 Å². The molecule has 4 rings (SSSR count). The second-order valence-corrected chi connectivity index (χ2v) is 6.27. The van der Waals surface area contributed by atoms with Gasteiger partial charge in [0, 0.05) is 25.2 Å². The maximum atomic E-state index is 12.1. The Balaban J connectivity index is 1.76. The normalized spacial score (nSPS) is 21.2. The van der Waals surface area contributed by atoms with Crippen LogP contribution in [0, 0.1) is 17.2 Å². The van der Waals surface area contributed by atoms with E-state index in [-0.39, 0.29) is 18.2 Å². The first-order chi connectivity index (χ1) is 11.7. The second-order valence-electron chi connectivity index (χ2n) is 6.27. The molecule has 8 nitrogen and oxygen atoms in total. The highest BCUT2D eigenvalue weighted by atomic mass is 16.2. The number of aromatic amines is 1. The molecule has 24 heavy (non-hydrogen) atoms. The fraction of sp³-hybridized carbons (Fsp3) is 0.438. The average Bonchev–Trinajstić information content (AvgIpc) is 3.21. The van der Waals surface area contributed by atoms with Crippen molar-refractivity contribution in [2.75, 3.05) is 13.1 Å². The van der Waals surface area contributed by atoms with E-state index in [1.54, 1.807) is 11.1 Å². The van der Waals surface area contributed by atoms with Crippen molar-refractivity contribution in [1.29, 1.82) is 5.26 Å². The van der Waals surface area contributed by atoms with Gasteiger partial charge in [-0.15, -0.1) is 10.2 Å². The molecule has 0 saturated carbocycles. The number of nitrogens with one attached hydrogen (secondary N) is 1. The van der Waals surface area contributed by atoms with Crippen LogP contribution in [0.2, 0.25) is 0 Å². The first kappa shape index (κ1) is 14.6. The van der Waals surface area contributed by atoms with Crippen molar-refractivity contribution in [3.63, 3.8) is 0 Å². The summed E-state index contributed by atoms with van der Waals surface area (Å²) in [6, 6.07) is 3.89. The van der Waals surface area contributed by atoms with Crippen molar-refractivity contribution in [2.24, 2.45) is 5.92 Å². The molecule has 122 valence electrons. The van der Waals surface area contributed by atoms with Crippen molar-refractivity contribution in [1.82, 2.24) is 29.5 Å². The SMILES string of the molecule is C[C@H]1CCN(C(=O)CC#N)C[C@H]1c1nnc2cnc3[nH]ccc3n12. The minimum Gasteiger partial charge on any atom is -0.345 e. The number of carbonyl (C=O) groups excluding carboxylic acids is 1. The Morgan fingerprint density at radius 3 is 3.21 bits per heavy atom. The van der Waals surface area contributed by atoms with Crippen molar-refractivity contribution < 1.29 is 4.79 Å². The molecule has 3 aromatic rings. The average molecular weight is 323 g/mol. The number of hydrogen-bond acceptors (Lipinski definition) is 5. The van der Waals surface area contributed by atoms with E-state index in [0.29, 0.717) is 24.7 Å². The van der Waals surface area contributed by atoms with Gasteiger partial charge >= 0.3 is 0 Å². The smallest absolute Gasteiger partial charge is 0.236 e. The zero-order valence-corrected chi connectivity index (χ0v) is 13.3. The molecule has 0 bridgehead atoms.